The number of carbonyl (C=O) groups is 1. The number of hydrogen-bond acceptors (Lipinski definition) is 6. The average molecular weight is 451 g/mol. The van der Waals surface area contributed by atoms with E-state index in [-0.39, 0.29) is 29.8 Å². The van der Waals surface area contributed by atoms with Crippen molar-refractivity contribution >= 4 is 23.4 Å². The number of carbonyl (C=O) groups excluding carboxylic acids is 1. The summed E-state index contributed by atoms with van der Waals surface area (Å²) in [5, 5.41) is 6.18. The molecule has 1 aliphatic carbocycles. The first-order valence-electron chi connectivity index (χ1n) is 10.5. The lowest BCUT2D eigenvalue weighted by molar-refractivity contribution is -0.141. The van der Waals surface area contributed by atoms with Crippen molar-refractivity contribution in [2.24, 2.45) is 0 Å². The van der Waals surface area contributed by atoms with E-state index in [2.05, 4.69) is 20.6 Å². The van der Waals surface area contributed by atoms with Crippen LogP contribution < -0.4 is 20.4 Å². The molecule has 1 aliphatic rings. The highest BCUT2D eigenvalue weighted by Crippen LogP contribution is 2.31. The largest absolute Gasteiger partial charge is 0.433 e. The van der Waals surface area contributed by atoms with Crippen molar-refractivity contribution in [3.63, 3.8) is 0 Å². The van der Waals surface area contributed by atoms with Crippen molar-refractivity contribution in [3.8, 4) is 0 Å². The van der Waals surface area contributed by atoms with Crippen molar-refractivity contribution in [2.45, 2.75) is 43.9 Å². The second-order valence-corrected chi connectivity index (χ2v) is 8.44. The van der Waals surface area contributed by atoms with Crippen LogP contribution in [0.15, 0.2) is 30.3 Å². The molecule has 174 valence electrons. The third-order valence-corrected chi connectivity index (χ3v) is 5.47. The van der Waals surface area contributed by atoms with E-state index in [1.54, 1.807) is 26.2 Å². The summed E-state index contributed by atoms with van der Waals surface area (Å²) in [4.78, 5) is 23.7. The lowest BCUT2D eigenvalue weighted by Gasteiger charge is -2.30. The van der Waals surface area contributed by atoms with Crippen LogP contribution in [0.4, 0.5) is 30.6 Å². The maximum atomic E-state index is 13.2. The maximum Gasteiger partial charge on any atom is 0.433 e. The van der Waals surface area contributed by atoms with Gasteiger partial charge < -0.3 is 20.4 Å². The molecule has 1 aromatic heterocycles. The lowest BCUT2D eigenvalue weighted by atomic mass is 9.91. The standard InChI is InChI=1S/C22H29F3N6O/c1-30(2)17-11-5-14(6-12-17)20(32)27-16-9-7-15(8-10-16)26-19-13-18(22(23,24)25)28-21(29-19)31(3)4/h5-6,11-13,15-16H,7-10H2,1-4H3,(H,27,32)(H,26,28,29). The Balaban J connectivity index is 1.57. The van der Waals surface area contributed by atoms with Crippen LogP contribution in [-0.4, -0.2) is 56.1 Å². The molecule has 0 spiro atoms. The lowest BCUT2D eigenvalue weighted by Crippen LogP contribution is -2.40. The molecule has 1 fully saturated rings. The summed E-state index contributed by atoms with van der Waals surface area (Å²) in [5.41, 5.74) is 0.650. The van der Waals surface area contributed by atoms with E-state index < -0.39 is 11.9 Å². The number of anilines is 3. The van der Waals surface area contributed by atoms with E-state index in [4.69, 9.17) is 0 Å². The van der Waals surface area contributed by atoms with Gasteiger partial charge in [0, 0.05) is 57.6 Å². The van der Waals surface area contributed by atoms with E-state index in [0.29, 0.717) is 18.4 Å². The topological polar surface area (TPSA) is 73.4 Å². The Hall–Kier alpha value is -3.04. The predicted octanol–water partition coefficient (Wildman–Crippen LogP) is 3.78. The van der Waals surface area contributed by atoms with E-state index in [0.717, 1.165) is 24.6 Å². The number of nitrogens with zero attached hydrogens (tertiary/aromatic N) is 4. The number of amides is 1. The summed E-state index contributed by atoms with van der Waals surface area (Å²) < 4.78 is 39.6. The summed E-state index contributed by atoms with van der Waals surface area (Å²) in [6.07, 6.45) is -1.65. The molecule has 7 nitrogen and oxygen atoms in total. The first-order chi connectivity index (χ1) is 15.0. The fourth-order valence-electron chi connectivity index (χ4n) is 3.62. The quantitative estimate of drug-likeness (QED) is 0.698. The number of alkyl halides is 3. The van der Waals surface area contributed by atoms with E-state index in [1.165, 1.54) is 4.90 Å². The Morgan fingerprint density at radius 1 is 0.938 bits per heavy atom. The van der Waals surface area contributed by atoms with Gasteiger partial charge in [-0.1, -0.05) is 0 Å². The van der Waals surface area contributed by atoms with Gasteiger partial charge >= 0.3 is 6.18 Å². The first kappa shape index (κ1) is 23.6. The number of aromatic nitrogens is 2. The molecule has 0 radical (unpaired) electrons. The monoisotopic (exact) mass is 450 g/mol. The second-order valence-electron chi connectivity index (χ2n) is 8.44. The minimum absolute atomic E-state index is 0.00330. The van der Waals surface area contributed by atoms with Gasteiger partial charge in [-0.3, -0.25) is 4.79 Å². The molecule has 1 saturated carbocycles. The average Bonchev–Trinajstić information content (AvgIpc) is 2.74. The highest BCUT2D eigenvalue weighted by Gasteiger charge is 2.34. The molecule has 1 heterocycles. The van der Waals surface area contributed by atoms with Crippen LogP contribution in [0.25, 0.3) is 0 Å². The fraction of sp³-hybridized carbons (Fsp3) is 0.500. The van der Waals surface area contributed by atoms with Gasteiger partial charge in [-0.2, -0.15) is 18.2 Å². The van der Waals surface area contributed by atoms with Gasteiger partial charge in [0.25, 0.3) is 5.91 Å². The first-order valence-corrected chi connectivity index (χ1v) is 10.5. The third kappa shape index (κ3) is 6.02. The van der Waals surface area contributed by atoms with Gasteiger partial charge in [0.05, 0.1) is 0 Å². The zero-order valence-electron chi connectivity index (χ0n) is 18.7. The zero-order chi connectivity index (χ0) is 23.5. The van der Waals surface area contributed by atoms with Crippen molar-refractivity contribution in [1.29, 1.82) is 0 Å². The van der Waals surface area contributed by atoms with Crippen molar-refractivity contribution in [2.75, 3.05) is 43.3 Å². The highest BCUT2D eigenvalue weighted by molar-refractivity contribution is 5.94. The molecule has 10 heteroatoms. The zero-order valence-corrected chi connectivity index (χ0v) is 18.7. The summed E-state index contributed by atoms with van der Waals surface area (Å²) in [5.74, 6) is 0.0426. The number of benzene rings is 1. The minimum Gasteiger partial charge on any atom is -0.378 e. The molecule has 1 aromatic carbocycles. The van der Waals surface area contributed by atoms with Gasteiger partial charge in [-0.05, 0) is 49.9 Å². The van der Waals surface area contributed by atoms with Crippen molar-refractivity contribution in [1.82, 2.24) is 15.3 Å². The summed E-state index contributed by atoms with van der Waals surface area (Å²) in [7, 11) is 7.07. The second kappa shape index (κ2) is 9.62. The molecule has 3 rings (SSSR count). The predicted molar refractivity (Wildman–Crippen MR) is 119 cm³/mol. The summed E-state index contributed by atoms with van der Waals surface area (Å²) >= 11 is 0. The summed E-state index contributed by atoms with van der Waals surface area (Å²) in [6, 6.07) is 8.35. The molecule has 1 amide bonds. The van der Waals surface area contributed by atoms with Crippen LogP contribution in [0.1, 0.15) is 41.7 Å². The van der Waals surface area contributed by atoms with Crippen LogP contribution >= 0.6 is 0 Å². The van der Waals surface area contributed by atoms with Gasteiger partial charge in [0.2, 0.25) is 5.95 Å². The Labute approximate surface area is 186 Å². The molecule has 0 bridgehead atoms. The molecular formula is C22H29F3N6O. The number of halogens is 3. The Bertz CT molecular complexity index is 922. The van der Waals surface area contributed by atoms with Crippen LogP contribution in [0.2, 0.25) is 0 Å². The number of nitrogens with one attached hydrogen (secondary N) is 2. The van der Waals surface area contributed by atoms with Crippen LogP contribution in [0.5, 0.6) is 0 Å². The Morgan fingerprint density at radius 2 is 1.53 bits per heavy atom. The smallest absolute Gasteiger partial charge is 0.378 e. The van der Waals surface area contributed by atoms with E-state index >= 15 is 0 Å². The van der Waals surface area contributed by atoms with Crippen molar-refractivity contribution < 1.29 is 18.0 Å². The molecule has 0 unspecified atom stereocenters. The molecular weight excluding hydrogens is 421 g/mol. The summed E-state index contributed by atoms with van der Waals surface area (Å²) in [6.45, 7) is 0. The normalized spacial score (nSPS) is 18.7. The molecule has 0 saturated heterocycles. The molecule has 0 atom stereocenters. The number of rotatable bonds is 6. The molecule has 2 N–H and O–H groups in total. The maximum absolute atomic E-state index is 13.2. The van der Waals surface area contributed by atoms with Crippen LogP contribution in [-0.2, 0) is 6.18 Å². The van der Waals surface area contributed by atoms with Crippen LogP contribution in [0.3, 0.4) is 0 Å². The van der Waals surface area contributed by atoms with Gasteiger partial charge in [-0.25, -0.2) is 4.98 Å². The van der Waals surface area contributed by atoms with E-state index in [9.17, 15) is 18.0 Å². The van der Waals surface area contributed by atoms with Gasteiger partial charge in [-0.15, -0.1) is 0 Å². The molecule has 32 heavy (non-hydrogen) atoms. The SMILES string of the molecule is CN(C)c1ccc(C(=O)NC2CCC(Nc3cc(C(F)(F)F)nc(N(C)C)n3)CC2)cc1. The fourth-order valence-corrected chi connectivity index (χ4v) is 3.62. The highest BCUT2D eigenvalue weighted by atomic mass is 19.4. The van der Waals surface area contributed by atoms with Crippen LogP contribution in [0, 0.1) is 0 Å². The molecule has 2 aromatic rings. The Kier molecular flexibility index (Phi) is 7.10. The van der Waals surface area contributed by atoms with Gasteiger partial charge in [0.1, 0.15) is 5.82 Å². The van der Waals surface area contributed by atoms with E-state index in [1.807, 2.05) is 31.1 Å². The van der Waals surface area contributed by atoms with Crippen molar-refractivity contribution in [3.05, 3.63) is 41.6 Å². The third-order valence-electron chi connectivity index (χ3n) is 5.47. The number of hydrogen-bond donors (Lipinski definition) is 2. The van der Waals surface area contributed by atoms with Gasteiger partial charge in [0.15, 0.2) is 5.69 Å². The Morgan fingerprint density at radius 3 is 2.06 bits per heavy atom. The minimum atomic E-state index is -4.54. The molecule has 0 aliphatic heterocycles.